The van der Waals surface area contributed by atoms with Crippen LogP contribution < -0.4 is 0 Å². The molecule has 12 heavy (non-hydrogen) atoms. The second-order valence-electron chi connectivity index (χ2n) is 5.05. The van der Waals surface area contributed by atoms with Crippen molar-refractivity contribution >= 4 is 5.78 Å². The minimum Gasteiger partial charge on any atom is -0.299 e. The standard InChI is InChI=1S/C11H22O/c1-7-8-9(12)11(5,6)10(2,3)4/h7-8H2,1-6H3. The fourth-order valence-electron chi connectivity index (χ4n) is 0.958. The Morgan fingerprint density at radius 3 is 1.75 bits per heavy atom. The number of hydrogen-bond donors (Lipinski definition) is 0. The highest BCUT2D eigenvalue weighted by Gasteiger charge is 2.38. The zero-order chi connectivity index (χ0) is 9.99. The van der Waals surface area contributed by atoms with E-state index in [9.17, 15) is 4.79 Å². The van der Waals surface area contributed by atoms with Crippen LogP contribution in [-0.4, -0.2) is 5.78 Å². The fourth-order valence-corrected chi connectivity index (χ4v) is 0.958. The van der Waals surface area contributed by atoms with Crippen molar-refractivity contribution in [3.63, 3.8) is 0 Å². The van der Waals surface area contributed by atoms with Gasteiger partial charge in [0, 0.05) is 11.8 Å². The molecule has 0 spiro atoms. The van der Waals surface area contributed by atoms with Gasteiger partial charge in [-0.25, -0.2) is 0 Å². The zero-order valence-corrected chi connectivity index (χ0v) is 9.32. The van der Waals surface area contributed by atoms with Crippen LogP contribution in [0.3, 0.4) is 0 Å². The third-order valence-corrected chi connectivity index (χ3v) is 3.05. The topological polar surface area (TPSA) is 17.1 Å². The Bertz CT molecular complexity index is 160. The maximum Gasteiger partial charge on any atom is 0.138 e. The molecular formula is C11H22O. The lowest BCUT2D eigenvalue weighted by molar-refractivity contribution is -0.132. The van der Waals surface area contributed by atoms with E-state index in [0.29, 0.717) is 12.2 Å². The normalized spacial score (nSPS) is 13.2. The van der Waals surface area contributed by atoms with Crippen LogP contribution in [0.25, 0.3) is 0 Å². The molecule has 0 unspecified atom stereocenters. The molecule has 0 aromatic rings. The molecule has 0 heterocycles. The monoisotopic (exact) mass is 170 g/mol. The summed E-state index contributed by atoms with van der Waals surface area (Å²) >= 11 is 0. The first-order valence-corrected chi connectivity index (χ1v) is 4.76. The predicted octanol–water partition coefficient (Wildman–Crippen LogP) is 3.43. The number of hydrogen-bond acceptors (Lipinski definition) is 1. The molecule has 0 aliphatic rings. The van der Waals surface area contributed by atoms with Gasteiger partial charge in [0.1, 0.15) is 5.78 Å². The molecule has 1 nitrogen and oxygen atoms in total. The lowest BCUT2D eigenvalue weighted by Gasteiger charge is -2.37. The van der Waals surface area contributed by atoms with Crippen molar-refractivity contribution in [2.24, 2.45) is 10.8 Å². The van der Waals surface area contributed by atoms with E-state index in [-0.39, 0.29) is 10.8 Å². The molecule has 0 N–H and O–H groups in total. The van der Waals surface area contributed by atoms with Gasteiger partial charge in [-0.2, -0.15) is 0 Å². The minimum absolute atomic E-state index is 0.0687. The number of Topliss-reactive ketones (excluding diaryl/α,β-unsaturated/α-hetero) is 1. The largest absolute Gasteiger partial charge is 0.299 e. The first-order chi connectivity index (χ1) is 5.23. The summed E-state index contributed by atoms with van der Waals surface area (Å²) in [6, 6.07) is 0. The summed E-state index contributed by atoms with van der Waals surface area (Å²) in [5.41, 5.74) is -0.123. The fraction of sp³-hybridized carbons (Fsp3) is 0.909. The zero-order valence-electron chi connectivity index (χ0n) is 9.32. The molecule has 0 aromatic carbocycles. The van der Waals surface area contributed by atoms with Crippen molar-refractivity contribution in [1.29, 1.82) is 0 Å². The summed E-state index contributed by atoms with van der Waals surface area (Å²) in [5.74, 6) is 0.387. The molecule has 1 heteroatoms. The number of ketones is 1. The van der Waals surface area contributed by atoms with Crippen molar-refractivity contribution in [1.82, 2.24) is 0 Å². The van der Waals surface area contributed by atoms with E-state index in [2.05, 4.69) is 27.7 Å². The first kappa shape index (κ1) is 11.7. The average molecular weight is 170 g/mol. The summed E-state index contributed by atoms with van der Waals surface area (Å²) in [4.78, 5) is 11.7. The van der Waals surface area contributed by atoms with E-state index in [4.69, 9.17) is 0 Å². The van der Waals surface area contributed by atoms with Crippen LogP contribution in [0.15, 0.2) is 0 Å². The Morgan fingerprint density at radius 1 is 1.08 bits per heavy atom. The van der Waals surface area contributed by atoms with Crippen LogP contribution in [0.4, 0.5) is 0 Å². The average Bonchev–Trinajstić information content (AvgIpc) is 1.85. The Kier molecular flexibility index (Phi) is 3.49. The van der Waals surface area contributed by atoms with Crippen molar-refractivity contribution in [3.05, 3.63) is 0 Å². The Hall–Kier alpha value is -0.330. The molecule has 0 radical (unpaired) electrons. The molecule has 0 bridgehead atoms. The smallest absolute Gasteiger partial charge is 0.138 e. The van der Waals surface area contributed by atoms with Gasteiger partial charge in [0.05, 0.1) is 0 Å². The van der Waals surface area contributed by atoms with Crippen LogP contribution in [0, 0.1) is 10.8 Å². The van der Waals surface area contributed by atoms with Crippen LogP contribution in [0.1, 0.15) is 54.4 Å². The van der Waals surface area contributed by atoms with Gasteiger partial charge < -0.3 is 0 Å². The Labute approximate surface area is 76.6 Å². The van der Waals surface area contributed by atoms with E-state index in [1.165, 1.54) is 0 Å². The lowest BCUT2D eigenvalue weighted by atomic mass is 9.66. The van der Waals surface area contributed by atoms with Crippen molar-refractivity contribution in [2.45, 2.75) is 54.4 Å². The summed E-state index contributed by atoms with van der Waals surface area (Å²) in [7, 11) is 0. The molecule has 0 aliphatic carbocycles. The minimum atomic E-state index is -0.191. The van der Waals surface area contributed by atoms with Gasteiger partial charge in [-0.3, -0.25) is 4.79 Å². The van der Waals surface area contributed by atoms with Crippen molar-refractivity contribution < 1.29 is 4.79 Å². The third kappa shape index (κ3) is 2.33. The van der Waals surface area contributed by atoms with Crippen LogP contribution in [-0.2, 0) is 4.79 Å². The molecule has 0 aliphatic heterocycles. The van der Waals surface area contributed by atoms with Gasteiger partial charge in [-0.1, -0.05) is 41.5 Å². The van der Waals surface area contributed by atoms with Crippen LogP contribution >= 0.6 is 0 Å². The number of rotatable bonds is 3. The number of carbonyl (C=O) groups excluding carboxylic acids is 1. The van der Waals surface area contributed by atoms with Crippen molar-refractivity contribution in [3.8, 4) is 0 Å². The van der Waals surface area contributed by atoms with E-state index >= 15 is 0 Å². The molecule has 0 fully saturated rings. The van der Waals surface area contributed by atoms with E-state index < -0.39 is 0 Å². The second-order valence-corrected chi connectivity index (χ2v) is 5.05. The van der Waals surface area contributed by atoms with Gasteiger partial charge in [0.25, 0.3) is 0 Å². The predicted molar refractivity (Wildman–Crippen MR) is 53.2 cm³/mol. The van der Waals surface area contributed by atoms with E-state index in [0.717, 1.165) is 6.42 Å². The molecule has 0 atom stereocenters. The van der Waals surface area contributed by atoms with Crippen LogP contribution in [0.2, 0.25) is 0 Å². The molecule has 72 valence electrons. The third-order valence-electron chi connectivity index (χ3n) is 3.05. The highest BCUT2D eigenvalue weighted by molar-refractivity contribution is 5.84. The maximum absolute atomic E-state index is 11.7. The highest BCUT2D eigenvalue weighted by Crippen LogP contribution is 2.39. The van der Waals surface area contributed by atoms with Crippen molar-refractivity contribution in [2.75, 3.05) is 0 Å². The molecule has 0 saturated heterocycles. The van der Waals surface area contributed by atoms with Gasteiger partial charge in [0.2, 0.25) is 0 Å². The molecule has 0 aromatic heterocycles. The highest BCUT2D eigenvalue weighted by atomic mass is 16.1. The quantitative estimate of drug-likeness (QED) is 0.634. The first-order valence-electron chi connectivity index (χ1n) is 4.76. The van der Waals surface area contributed by atoms with E-state index in [1.807, 2.05) is 13.8 Å². The summed E-state index contributed by atoms with van der Waals surface area (Å²) < 4.78 is 0. The van der Waals surface area contributed by atoms with Gasteiger partial charge in [0.15, 0.2) is 0 Å². The Morgan fingerprint density at radius 2 is 1.50 bits per heavy atom. The SMILES string of the molecule is CCCC(=O)C(C)(C)C(C)(C)C. The van der Waals surface area contributed by atoms with Gasteiger partial charge in [-0.05, 0) is 11.8 Å². The van der Waals surface area contributed by atoms with Gasteiger partial charge in [-0.15, -0.1) is 0 Å². The molecule has 0 rings (SSSR count). The summed E-state index contributed by atoms with van der Waals surface area (Å²) in [6.07, 6.45) is 1.67. The second kappa shape index (κ2) is 3.59. The molecular weight excluding hydrogens is 148 g/mol. The summed E-state index contributed by atoms with van der Waals surface area (Å²) in [6.45, 7) is 12.5. The summed E-state index contributed by atoms with van der Waals surface area (Å²) in [5, 5.41) is 0. The maximum atomic E-state index is 11.7. The van der Waals surface area contributed by atoms with Crippen LogP contribution in [0.5, 0.6) is 0 Å². The lowest BCUT2D eigenvalue weighted by Crippen LogP contribution is -2.37. The molecule has 0 saturated carbocycles. The van der Waals surface area contributed by atoms with E-state index in [1.54, 1.807) is 0 Å². The number of carbonyl (C=O) groups is 1. The van der Waals surface area contributed by atoms with Gasteiger partial charge >= 0.3 is 0 Å². The Balaban J connectivity index is 4.50. The molecule has 0 amide bonds.